The zero-order valence-electron chi connectivity index (χ0n) is 8.65. The van der Waals surface area contributed by atoms with Gasteiger partial charge in [-0.1, -0.05) is 0 Å². The van der Waals surface area contributed by atoms with Gasteiger partial charge in [0.15, 0.2) is 6.29 Å². The van der Waals surface area contributed by atoms with Crippen LogP contribution in [-0.2, 0) is 9.47 Å². The number of hydrogen-bond donors (Lipinski definition) is 2. The fourth-order valence-corrected chi connectivity index (χ4v) is 1.68. The second kappa shape index (κ2) is 5.69. The minimum atomic E-state index is -0.436. The van der Waals surface area contributed by atoms with Gasteiger partial charge in [-0.05, 0) is 11.4 Å². The maximum atomic E-state index is 11.6. The third-order valence-electron chi connectivity index (χ3n) is 1.89. The second-order valence-electron chi connectivity index (χ2n) is 2.81. The van der Waals surface area contributed by atoms with Crippen molar-refractivity contribution >= 4 is 22.2 Å². The molecule has 0 atom stereocenters. The molecule has 84 valence electrons. The minimum Gasteiger partial charge on any atom is -0.390 e. The van der Waals surface area contributed by atoms with Crippen molar-refractivity contribution in [1.29, 1.82) is 0 Å². The Kier molecular flexibility index (Phi) is 4.54. The molecule has 1 rings (SSSR count). The molecule has 0 spiro atoms. The molecule has 0 aliphatic rings. The Bertz CT molecular complexity index is 323. The van der Waals surface area contributed by atoms with E-state index in [0.29, 0.717) is 17.1 Å². The summed E-state index contributed by atoms with van der Waals surface area (Å²) in [5, 5.41) is 4.95. The average molecular weight is 230 g/mol. The average Bonchev–Trinajstić information content (AvgIpc) is 2.66. The molecule has 0 fully saturated rings. The molecular weight excluding hydrogens is 216 g/mol. The fraction of sp³-hybridized carbons (Fsp3) is 0.444. The van der Waals surface area contributed by atoms with Crippen LogP contribution in [0.2, 0.25) is 0 Å². The highest BCUT2D eigenvalue weighted by Gasteiger charge is 2.12. The number of thiophene rings is 1. The van der Waals surface area contributed by atoms with Crippen LogP contribution < -0.4 is 11.1 Å². The van der Waals surface area contributed by atoms with Crippen LogP contribution in [0.15, 0.2) is 11.4 Å². The fourth-order valence-electron chi connectivity index (χ4n) is 1.04. The van der Waals surface area contributed by atoms with Crippen LogP contribution in [0.4, 0.5) is 5.00 Å². The Morgan fingerprint density at radius 2 is 2.27 bits per heavy atom. The highest BCUT2D eigenvalue weighted by molar-refractivity contribution is 7.14. The Morgan fingerprint density at radius 3 is 2.73 bits per heavy atom. The number of nitrogens with two attached hydrogens (primary N) is 1. The van der Waals surface area contributed by atoms with Gasteiger partial charge < -0.3 is 20.5 Å². The molecule has 0 aliphatic carbocycles. The third kappa shape index (κ3) is 3.19. The predicted octanol–water partition coefficient (Wildman–Crippen LogP) is 0.679. The monoisotopic (exact) mass is 230 g/mol. The van der Waals surface area contributed by atoms with E-state index in [0.717, 1.165) is 0 Å². The lowest BCUT2D eigenvalue weighted by molar-refractivity contribution is -0.0974. The lowest BCUT2D eigenvalue weighted by Gasteiger charge is -2.13. The SMILES string of the molecule is COC(CNC(=O)c1ccsc1N)OC. The van der Waals surface area contributed by atoms with Crippen LogP contribution in [0.3, 0.4) is 0 Å². The molecule has 1 heterocycles. The molecule has 0 bridgehead atoms. The first-order valence-electron chi connectivity index (χ1n) is 4.35. The Labute approximate surface area is 92.2 Å². The van der Waals surface area contributed by atoms with Crippen LogP contribution in [-0.4, -0.2) is 33.0 Å². The van der Waals surface area contributed by atoms with E-state index in [2.05, 4.69) is 5.32 Å². The number of anilines is 1. The summed E-state index contributed by atoms with van der Waals surface area (Å²) < 4.78 is 9.86. The molecule has 0 saturated heterocycles. The Morgan fingerprint density at radius 1 is 1.60 bits per heavy atom. The number of carbonyl (C=O) groups is 1. The molecule has 0 radical (unpaired) electrons. The highest BCUT2D eigenvalue weighted by atomic mass is 32.1. The second-order valence-corrected chi connectivity index (χ2v) is 3.76. The molecule has 6 heteroatoms. The van der Waals surface area contributed by atoms with Gasteiger partial charge in [0.1, 0.15) is 0 Å². The van der Waals surface area contributed by atoms with Gasteiger partial charge in [0.2, 0.25) is 0 Å². The lowest BCUT2D eigenvalue weighted by Crippen LogP contribution is -2.34. The third-order valence-corrected chi connectivity index (χ3v) is 2.64. The summed E-state index contributed by atoms with van der Waals surface area (Å²) in [6, 6.07) is 1.68. The predicted molar refractivity (Wildman–Crippen MR) is 58.9 cm³/mol. The smallest absolute Gasteiger partial charge is 0.254 e. The molecule has 5 nitrogen and oxygen atoms in total. The first-order valence-corrected chi connectivity index (χ1v) is 5.23. The highest BCUT2D eigenvalue weighted by Crippen LogP contribution is 2.18. The number of hydrogen-bond acceptors (Lipinski definition) is 5. The summed E-state index contributed by atoms with van der Waals surface area (Å²) >= 11 is 1.33. The molecular formula is C9H14N2O3S. The number of methoxy groups -OCH3 is 2. The van der Waals surface area contributed by atoms with E-state index in [9.17, 15) is 4.79 Å². The summed E-state index contributed by atoms with van der Waals surface area (Å²) in [6.45, 7) is 0.293. The Balaban J connectivity index is 2.47. The summed E-state index contributed by atoms with van der Waals surface area (Å²) in [6.07, 6.45) is -0.436. The number of amides is 1. The lowest BCUT2D eigenvalue weighted by atomic mass is 10.3. The zero-order chi connectivity index (χ0) is 11.3. The number of ether oxygens (including phenoxy) is 2. The number of carbonyl (C=O) groups excluding carboxylic acids is 1. The maximum Gasteiger partial charge on any atom is 0.254 e. The normalized spacial score (nSPS) is 10.6. The van der Waals surface area contributed by atoms with Crippen LogP contribution in [0.5, 0.6) is 0 Å². The summed E-state index contributed by atoms with van der Waals surface area (Å²) in [5.41, 5.74) is 6.10. The molecule has 0 saturated carbocycles. The largest absolute Gasteiger partial charge is 0.390 e. The van der Waals surface area contributed by atoms with Gasteiger partial charge in [-0.25, -0.2) is 0 Å². The molecule has 1 aromatic rings. The van der Waals surface area contributed by atoms with E-state index < -0.39 is 6.29 Å². The van der Waals surface area contributed by atoms with Gasteiger partial charge >= 0.3 is 0 Å². The van der Waals surface area contributed by atoms with Crippen molar-refractivity contribution in [3.63, 3.8) is 0 Å². The van der Waals surface area contributed by atoms with E-state index in [1.807, 2.05) is 0 Å². The van der Waals surface area contributed by atoms with Gasteiger partial charge in [-0.2, -0.15) is 0 Å². The molecule has 0 aliphatic heterocycles. The van der Waals surface area contributed by atoms with Crippen LogP contribution >= 0.6 is 11.3 Å². The van der Waals surface area contributed by atoms with Crippen molar-refractivity contribution in [3.8, 4) is 0 Å². The van der Waals surface area contributed by atoms with E-state index in [1.54, 1.807) is 11.4 Å². The molecule has 0 aromatic carbocycles. The Hall–Kier alpha value is -1.11. The molecule has 1 aromatic heterocycles. The molecule has 0 unspecified atom stereocenters. The number of rotatable bonds is 5. The molecule has 3 N–H and O–H groups in total. The van der Waals surface area contributed by atoms with Gasteiger partial charge in [0.05, 0.1) is 17.1 Å². The topological polar surface area (TPSA) is 73.6 Å². The van der Waals surface area contributed by atoms with Crippen LogP contribution in [0, 0.1) is 0 Å². The summed E-state index contributed by atoms with van der Waals surface area (Å²) in [4.78, 5) is 11.6. The van der Waals surface area contributed by atoms with Crippen LogP contribution in [0.25, 0.3) is 0 Å². The first-order chi connectivity index (χ1) is 7.19. The van der Waals surface area contributed by atoms with Crippen molar-refractivity contribution < 1.29 is 14.3 Å². The van der Waals surface area contributed by atoms with Crippen molar-refractivity contribution in [2.45, 2.75) is 6.29 Å². The van der Waals surface area contributed by atoms with Gasteiger partial charge in [-0.3, -0.25) is 4.79 Å². The molecule has 1 amide bonds. The van der Waals surface area contributed by atoms with Gasteiger partial charge in [0.25, 0.3) is 5.91 Å². The van der Waals surface area contributed by atoms with Crippen molar-refractivity contribution in [2.24, 2.45) is 0 Å². The van der Waals surface area contributed by atoms with E-state index in [1.165, 1.54) is 25.6 Å². The van der Waals surface area contributed by atoms with Gasteiger partial charge in [-0.15, -0.1) is 11.3 Å². The van der Waals surface area contributed by atoms with Crippen LogP contribution in [0.1, 0.15) is 10.4 Å². The quantitative estimate of drug-likeness (QED) is 0.729. The van der Waals surface area contributed by atoms with Crippen molar-refractivity contribution in [1.82, 2.24) is 5.32 Å². The zero-order valence-corrected chi connectivity index (χ0v) is 9.47. The van der Waals surface area contributed by atoms with Crippen molar-refractivity contribution in [3.05, 3.63) is 17.0 Å². The van der Waals surface area contributed by atoms with Crippen molar-refractivity contribution in [2.75, 3.05) is 26.5 Å². The van der Waals surface area contributed by atoms with Gasteiger partial charge in [0, 0.05) is 14.2 Å². The van der Waals surface area contributed by atoms with E-state index in [-0.39, 0.29) is 5.91 Å². The molecule has 15 heavy (non-hydrogen) atoms. The summed E-state index contributed by atoms with van der Waals surface area (Å²) in [5.74, 6) is -0.215. The van der Waals surface area contributed by atoms with E-state index in [4.69, 9.17) is 15.2 Å². The number of nitrogen functional groups attached to an aromatic ring is 1. The summed E-state index contributed by atoms with van der Waals surface area (Å²) in [7, 11) is 3.03. The maximum absolute atomic E-state index is 11.6. The van der Waals surface area contributed by atoms with E-state index >= 15 is 0 Å². The first kappa shape index (κ1) is 12.0. The minimum absolute atomic E-state index is 0.215. The number of nitrogens with one attached hydrogen (secondary N) is 1. The standard InChI is InChI=1S/C9H14N2O3S/c1-13-7(14-2)5-11-9(12)6-3-4-15-8(6)10/h3-4,7H,5,10H2,1-2H3,(H,11,12).